The van der Waals surface area contributed by atoms with Crippen molar-refractivity contribution in [2.75, 3.05) is 13.7 Å². The summed E-state index contributed by atoms with van der Waals surface area (Å²) < 4.78 is 10.8. The zero-order valence-corrected chi connectivity index (χ0v) is 12.0. The Hall–Kier alpha value is -1.36. The van der Waals surface area contributed by atoms with Crippen LogP contribution in [0.2, 0.25) is 0 Å². The SMILES string of the molecule is COC(C)(C)c1cc(C2CC[C@@H](C)N(C=O)C2)on1. The van der Waals surface area contributed by atoms with Gasteiger partial charge >= 0.3 is 0 Å². The Bertz CT molecular complexity index is 442. The highest BCUT2D eigenvalue weighted by atomic mass is 16.5. The normalized spacial score (nSPS) is 24.5. The van der Waals surface area contributed by atoms with Crippen LogP contribution >= 0.6 is 0 Å². The second-order valence-electron chi connectivity index (χ2n) is 5.75. The highest BCUT2D eigenvalue weighted by Gasteiger charge is 2.30. The molecule has 106 valence electrons. The molecule has 1 aromatic rings. The number of aromatic nitrogens is 1. The van der Waals surface area contributed by atoms with E-state index < -0.39 is 5.60 Å². The van der Waals surface area contributed by atoms with E-state index in [0.717, 1.165) is 30.7 Å². The fourth-order valence-electron chi connectivity index (χ4n) is 2.38. The van der Waals surface area contributed by atoms with Gasteiger partial charge in [0.15, 0.2) is 0 Å². The molecule has 2 rings (SSSR count). The second kappa shape index (κ2) is 5.33. The number of ether oxygens (including phenoxy) is 1. The fraction of sp³-hybridized carbons (Fsp3) is 0.714. The van der Waals surface area contributed by atoms with E-state index in [1.807, 2.05) is 24.8 Å². The van der Waals surface area contributed by atoms with Crippen LogP contribution in [0.15, 0.2) is 10.6 Å². The number of carbonyl (C=O) groups excluding carboxylic acids is 1. The van der Waals surface area contributed by atoms with Gasteiger partial charge < -0.3 is 14.2 Å². The molecule has 5 nitrogen and oxygen atoms in total. The molecule has 1 fully saturated rings. The van der Waals surface area contributed by atoms with Crippen molar-refractivity contribution in [2.45, 2.75) is 51.2 Å². The average molecular weight is 266 g/mol. The zero-order valence-electron chi connectivity index (χ0n) is 12.0. The molecule has 19 heavy (non-hydrogen) atoms. The van der Waals surface area contributed by atoms with E-state index in [1.165, 1.54) is 0 Å². The molecule has 0 aliphatic carbocycles. The third-order valence-corrected chi connectivity index (χ3v) is 4.12. The van der Waals surface area contributed by atoms with Crippen molar-refractivity contribution >= 4 is 6.41 Å². The van der Waals surface area contributed by atoms with Crippen molar-refractivity contribution in [1.29, 1.82) is 0 Å². The molecule has 2 atom stereocenters. The molecule has 0 bridgehead atoms. The predicted octanol–water partition coefficient (Wildman–Crippen LogP) is 2.28. The highest BCUT2D eigenvalue weighted by Crippen LogP contribution is 2.32. The molecule has 1 aliphatic rings. The van der Waals surface area contributed by atoms with Crippen LogP contribution in [0.5, 0.6) is 0 Å². The molecular weight excluding hydrogens is 244 g/mol. The summed E-state index contributed by atoms with van der Waals surface area (Å²) in [7, 11) is 1.66. The average Bonchev–Trinajstić information content (AvgIpc) is 2.89. The van der Waals surface area contributed by atoms with Gasteiger partial charge in [-0.25, -0.2) is 0 Å². The third kappa shape index (κ3) is 2.81. The minimum atomic E-state index is -0.450. The Morgan fingerprint density at radius 2 is 2.26 bits per heavy atom. The van der Waals surface area contributed by atoms with Crippen LogP contribution in [-0.2, 0) is 15.1 Å². The Labute approximate surface area is 113 Å². The summed E-state index contributed by atoms with van der Waals surface area (Å²) >= 11 is 0. The minimum Gasteiger partial charge on any atom is -0.372 e. The molecule has 0 spiro atoms. The number of methoxy groups -OCH3 is 1. The number of amides is 1. The van der Waals surface area contributed by atoms with Crippen LogP contribution in [0.4, 0.5) is 0 Å². The summed E-state index contributed by atoms with van der Waals surface area (Å²) in [6, 6.07) is 2.26. The fourth-order valence-corrected chi connectivity index (χ4v) is 2.38. The first-order valence-corrected chi connectivity index (χ1v) is 6.71. The Morgan fingerprint density at radius 3 is 2.89 bits per heavy atom. The molecule has 2 heterocycles. The first-order chi connectivity index (χ1) is 8.97. The maximum Gasteiger partial charge on any atom is 0.209 e. The van der Waals surface area contributed by atoms with Gasteiger partial charge in [0.25, 0.3) is 0 Å². The van der Waals surface area contributed by atoms with Crippen molar-refractivity contribution in [3.63, 3.8) is 0 Å². The number of nitrogens with zero attached hydrogens (tertiary/aromatic N) is 2. The summed E-state index contributed by atoms with van der Waals surface area (Å²) in [5, 5.41) is 4.10. The van der Waals surface area contributed by atoms with Gasteiger partial charge in [0, 0.05) is 31.7 Å². The lowest BCUT2D eigenvalue weighted by Crippen LogP contribution is -2.39. The van der Waals surface area contributed by atoms with Crippen molar-refractivity contribution in [3.8, 4) is 0 Å². The molecule has 1 aromatic heterocycles. The monoisotopic (exact) mass is 266 g/mol. The third-order valence-electron chi connectivity index (χ3n) is 4.12. The van der Waals surface area contributed by atoms with Gasteiger partial charge in [0.05, 0.1) is 0 Å². The summed E-state index contributed by atoms with van der Waals surface area (Å²) in [6.07, 6.45) is 2.94. The van der Waals surface area contributed by atoms with Crippen LogP contribution in [0, 0.1) is 0 Å². The Kier molecular flexibility index (Phi) is 3.94. The maximum absolute atomic E-state index is 11.0. The van der Waals surface area contributed by atoms with Crippen molar-refractivity contribution in [3.05, 3.63) is 17.5 Å². The largest absolute Gasteiger partial charge is 0.372 e. The van der Waals surface area contributed by atoms with Gasteiger partial charge in [-0.3, -0.25) is 4.79 Å². The molecule has 1 amide bonds. The van der Waals surface area contributed by atoms with Gasteiger partial charge in [-0.05, 0) is 33.6 Å². The number of carbonyl (C=O) groups is 1. The van der Waals surface area contributed by atoms with Crippen LogP contribution < -0.4 is 0 Å². The molecule has 0 aromatic carbocycles. The lowest BCUT2D eigenvalue weighted by atomic mass is 9.91. The lowest BCUT2D eigenvalue weighted by molar-refractivity contribution is -0.121. The number of likely N-dealkylation sites (tertiary alicyclic amines) is 1. The van der Waals surface area contributed by atoms with Gasteiger partial charge in [-0.15, -0.1) is 0 Å². The number of rotatable bonds is 4. The van der Waals surface area contributed by atoms with E-state index in [2.05, 4.69) is 12.1 Å². The van der Waals surface area contributed by atoms with Gasteiger partial charge in [-0.1, -0.05) is 5.16 Å². The van der Waals surface area contributed by atoms with Crippen LogP contribution in [-0.4, -0.2) is 36.2 Å². The Morgan fingerprint density at radius 1 is 1.53 bits per heavy atom. The van der Waals surface area contributed by atoms with Crippen molar-refractivity contribution < 1.29 is 14.1 Å². The van der Waals surface area contributed by atoms with Crippen LogP contribution in [0.25, 0.3) is 0 Å². The van der Waals surface area contributed by atoms with E-state index in [0.29, 0.717) is 12.6 Å². The molecule has 1 unspecified atom stereocenters. The van der Waals surface area contributed by atoms with E-state index in [1.54, 1.807) is 7.11 Å². The summed E-state index contributed by atoms with van der Waals surface area (Å²) in [4.78, 5) is 12.8. The molecule has 1 saturated heterocycles. The summed E-state index contributed by atoms with van der Waals surface area (Å²) in [5.41, 5.74) is 0.343. The molecule has 5 heteroatoms. The standard InChI is InChI=1S/C14H22N2O3/c1-10-5-6-11(8-16(10)9-17)12-7-13(15-19-12)14(2,3)18-4/h7,9-11H,5-6,8H2,1-4H3/t10-,11?/m1/s1. The van der Waals surface area contributed by atoms with E-state index in [4.69, 9.17) is 9.26 Å². The van der Waals surface area contributed by atoms with E-state index in [9.17, 15) is 4.79 Å². The molecule has 0 saturated carbocycles. The second-order valence-corrected chi connectivity index (χ2v) is 5.75. The van der Waals surface area contributed by atoms with Crippen LogP contribution in [0.1, 0.15) is 51.0 Å². The van der Waals surface area contributed by atoms with E-state index in [-0.39, 0.29) is 5.92 Å². The number of hydrogen-bond acceptors (Lipinski definition) is 4. The van der Waals surface area contributed by atoms with Gasteiger partial charge in [0.2, 0.25) is 6.41 Å². The number of piperidine rings is 1. The molecule has 0 N–H and O–H groups in total. The first-order valence-electron chi connectivity index (χ1n) is 6.71. The quantitative estimate of drug-likeness (QED) is 0.785. The van der Waals surface area contributed by atoms with Crippen molar-refractivity contribution in [2.24, 2.45) is 0 Å². The summed E-state index contributed by atoms with van der Waals surface area (Å²) in [5.74, 6) is 1.08. The van der Waals surface area contributed by atoms with Crippen molar-refractivity contribution in [1.82, 2.24) is 10.1 Å². The molecular formula is C14H22N2O3. The van der Waals surface area contributed by atoms with E-state index >= 15 is 0 Å². The molecule has 1 aliphatic heterocycles. The maximum atomic E-state index is 11.0. The topological polar surface area (TPSA) is 55.6 Å². The Balaban J connectivity index is 2.13. The first kappa shape index (κ1) is 14.1. The lowest BCUT2D eigenvalue weighted by Gasteiger charge is -2.34. The van der Waals surface area contributed by atoms with Gasteiger partial charge in [0.1, 0.15) is 17.1 Å². The molecule has 0 radical (unpaired) electrons. The predicted molar refractivity (Wildman–Crippen MR) is 70.7 cm³/mol. The highest BCUT2D eigenvalue weighted by molar-refractivity contribution is 5.48. The summed E-state index contributed by atoms with van der Waals surface area (Å²) in [6.45, 7) is 6.68. The smallest absolute Gasteiger partial charge is 0.209 e. The van der Waals surface area contributed by atoms with Gasteiger partial charge in [-0.2, -0.15) is 0 Å². The zero-order chi connectivity index (χ0) is 14.0. The van der Waals surface area contributed by atoms with Crippen LogP contribution in [0.3, 0.4) is 0 Å². The minimum absolute atomic E-state index is 0.232. The number of hydrogen-bond donors (Lipinski definition) is 0.